The summed E-state index contributed by atoms with van der Waals surface area (Å²) in [5, 5.41) is 12.7. The van der Waals surface area contributed by atoms with Crippen molar-refractivity contribution in [3.8, 4) is 0 Å². The molecule has 2 N–H and O–H groups in total. The van der Waals surface area contributed by atoms with Crippen LogP contribution in [0.25, 0.3) is 10.9 Å². The smallest absolute Gasteiger partial charge is 0.270 e. The van der Waals surface area contributed by atoms with Crippen molar-refractivity contribution < 1.29 is 19.0 Å². The van der Waals surface area contributed by atoms with Crippen LogP contribution in [0.4, 0.5) is 4.39 Å². The van der Waals surface area contributed by atoms with Crippen LogP contribution in [0.5, 0.6) is 0 Å². The molecule has 138 valence electrons. The number of fused-ring (bicyclic) bond motifs is 2. The number of halogens is 1. The lowest BCUT2D eigenvalue weighted by Gasteiger charge is -2.34. The maximum atomic E-state index is 13.9. The predicted molar refractivity (Wildman–Crippen MR) is 94.4 cm³/mol. The van der Waals surface area contributed by atoms with Gasteiger partial charge >= 0.3 is 0 Å². The van der Waals surface area contributed by atoms with Crippen LogP contribution >= 0.6 is 0 Å². The third-order valence-electron chi connectivity index (χ3n) is 5.18. The van der Waals surface area contributed by atoms with Gasteiger partial charge in [-0.15, -0.1) is 0 Å². The van der Waals surface area contributed by atoms with Gasteiger partial charge in [-0.2, -0.15) is 0 Å². The molecule has 1 aromatic heterocycles. The standard InChI is InChI=1S/C19H22FN3O3/c20-16-3-1-2-12-4-5-17(22-18(12)16)19(25)21-13-8-14-11-26-15(6-7-24)10-23(14)9-13/h1-5,13-15,24H,6-11H2,(H,21,25)/t13-,14-,15-/m0/s1. The first-order valence-corrected chi connectivity index (χ1v) is 8.96. The van der Waals surface area contributed by atoms with E-state index in [-0.39, 0.29) is 41.9 Å². The normalized spacial score (nSPS) is 26.0. The Kier molecular flexibility index (Phi) is 4.84. The molecule has 2 aliphatic rings. The Bertz CT molecular complexity index is 816. The zero-order valence-corrected chi connectivity index (χ0v) is 14.4. The second kappa shape index (κ2) is 7.26. The Morgan fingerprint density at radius 3 is 3.08 bits per heavy atom. The van der Waals surface area contributed by atoms with Crippen LogP contribution < -0.4 is 5.32 Å². The monoisotopic (exact) mass is 359 g/mol. The number of para-hydroxylation sites is 1. The number of carbonyl (C=O) groups excluding carboxylic acids is 1. The molecule has 1 aromatic carbocycles. The van der Waals surface area contributed by atoms with Crippen molar-refractivity contribution >= 4 is 16.8 Å². The highest BCUT2D eigenvalue weighted by molar-refractivity contribution is 5.95. The number of rotatable bonds is 4. The van der Waals surface area contributed by atoms with Gasteiger partial charge in [-0.1, -0.05) is 18.2 Å². The quantitative estimate of drug-likeness (QED) is 0.862. The third-order valence-corrected chi connectivity index (χ3v) is 5.18. The summed E-state index contributed by atoms with van der Waals surface area (Å²) >= 11 is 0. The lowest BCUT2D eigenvalue weighted by molar-refractivity contribution is -0.0566. The van der Waals surface area contributed by atoms with Crippen molar-refractivity contribution in [3.63, 3.8) is 0 Å². The van der Waals surface area contributed by atoms with E-state index >= 15 is 0 Å². The molecule has 0 aliphatic carbocycles. The summed E-state index contributed by atoms with van der Waals surface area (Å²) < 4.78 is 19.7. The Morgan fingerprint density at radius 1 is 1.35 bits per heavy atom. The number of aliphatic hydroxyl groups is 1. The van der Waals surface area contributed by atoms with E-state index in [1.165, 1.54) is 6.07 Å². The molecule has 26 heavy (non-hydrogen) atoms. The van der Waals surface area contributed by atoms with Crippen molar-refractivity contribution in [2.24, 2.45) is 0 Å². The Morgan fingerprint density at radius 2 is 2.23 bits per heavy atom. The fourth-order valence-corrected chi connectivity index (χ4v) is 3.86. The lowest BCUT2D eigenvalue weighted by atomic mass is 10.1. The summed E-state index contributed by atoms with van der Waals surface area (Å²) in [6.45, 7) is 2.27. The number of hydrogen-bond donors (Lipinski definition) is 2. The molecular formula is C19H22FN3O3. The predicted octanol–water partition coefficient (Wildman–Crippen LogP) is 1.33. The molecule has 3 heterocycles. The molecule has 4 rings (SSSR count). The first-order valence-electron chi connectivity index (χ1n) is 8.96. The SMILES string of the molecule is O=C(N[C@H]1C[C@H]2CO[C@@H](CCO)CN2C1)c1ccc2cccc(F)c2n1. The van der Waals surface area contributed by atoms with Crippen molar-refractivity contribution in [1.29, 1.82) is 0 Å². The first-order chi connectivity index (χ1) is 12.6. The van der Waals surface area contributed by atoms with Gasteiger partial charge < -0.3 is 15.2 Å². The molecular weight excluding hydrogens is 337 g/mol. The van der Waals surface area contributed by atoms with Crippen LogP contribution in [-0.4, -0.2) is 65.4 Å². The maximum Gasteiger partial charge on any atom is 0.270 e. The Labute approximate surface area is 151 Å². The van der Waals surface area contributed by atoms with Crippen LogP contribution in [0.3, 0.4) is 0 Å². The molecule has 2 aromatic rings. The molecule has 0 radical (unpaired) electrons. The average molecular weight is 359 g/mol. The topological polar surface area (TPSA) is 74.7 Å². The van der Waals surface area contributed by atoms with Crippen LogP contribution in [-0.2, 0) is 4.74 Å². The van der Waals surface area contributed by atoms with Gasteiger partial charge in [0.2, 0.25) is 0 Å². The number of pyridine rings is 1. The summed E-state index contributed by atoms with van der Waals surface area (Å²) in [7, 11) is 0. The largest absolute Gasteiger partial charge is 0.396 e. The molecule has 2 saturated heterocycles. The minimum absolute atomic E-state index is 0.0158. The molecule has 2 fully saturated rings. The molecule has 2 aliphatic heterocycles. The summed E-state index contributed by atoms with van der Waals surface area (Å²) in [6, 6.07) is 8.38. The van der Waals surface area contributed by atoms with Crippen molar-refractivity contribution in [3.05, 3.63) is 41.8 Å². The van der Waals surface area contributed by atoms with Gasteiger partial charge in [0.15, 0.2) is 0 Å². The summed E-state index contributed by atoms with van der Waals surface area (Å²) in [4.78, 5) is 19.0. The number of hydrogen-bond acceptors (Lipinski definition) is 5. The first kappa shape index (κ1) is 17.3. The molecule has 6 nitrogen and oxygen atoms in total. The fourth-order valence-electron chi connectivity index (χ4n) is 3.86. The highest BCUT2D eigenvalue weighted by atomic mass is 19.1. The van der Waals surface area contributed by atoms with E-state index in [2.05, 4.69) is 15.2 Å². The van der Waals surface area contributed by atoms with E-state index in [0.717, 1.165) is 19.5 Å². The number of aliphatic hydroxyl groups excluding tert-OH is 1. The number of benzene rings is 1. The van der Waals surface area contributed by atoms with Gasteiger partial charge in [-0.3, -0.25) is 9.69 Å². The van der Waals surface area contributed by atoms with Gasteiger partial charge in [0.25, 0.3) is 5.91 Å². The van der Waals surface area contributed by atoms with Gasteiger partial charge in [0, 0.05) is 37.2 Å². The molecule has 7 heteroatoms. The van der Waals surface area contributed by atoms with Gasteiger partial charge in [-0.05, 0) is 25.0 Å². The van der Waals surface area contributed by atoms with Crippen LogP contribution in [0.15, 0.2) is 30.3 Å². The fraction of sp³-hybridized carbons (Fsp3) is 0.474. The number of carbonyl (C=O) groups is 1. The highest BCUT2D eigenvalue weighted by Gasteiger charge is 2.37. The van der Waals surface area contributed by atoms with Crippen LogP contribution in [0.1, 0.15) is 23.3 Å². The summed E-state index contributed by atoms with van der Waals surface area (Å²) in [6.07, 6.45) is 1.50. The summed E-state index contributed by atoms with van der Waals surface area (Å²) in [5.41, 5.74) is 0.436. The average Bonchev–Trinajstić information content (AvgIpc) is 3.03. The number of nitrogens with one attached hydrogen (secondary N) is 1. The number of ether oxygens (including phenoxy) is 1. The maximum absolute atomic E-state index is 13.9. The number of aromatic nitrogens is 1. The van der Waals surface area contributed by atoms with Crippen LogP contribution in [0.2, 0.25) is 0 Å². The number of nitrogens with zero attached hydrogens (tertiary/aromatic N) is 2. The van der Waals surface area contributed by atoms with Crippen LogP contribution in [0, 0.1) is 5.82 Å². The van der Waals surface area contributed by atoms with E-state index < -0.39 is 5.82 Å². The van der Waals surface area contributed by atoms with E-state index in [0.29, 0.717) is 18.4 Å². The van der Waals surface area contributed by atoms with Crippen molar-refractivity contribution in [1.82, 2.24) is 15.2 Å². The molecule has 0 unspecified atom stereocenters. The Balaban J connectivity index is 1.42. The minimum Gasteiger partial charge on any atom is -0.396 e. The van der Waals surface area contributed by atoms with Crippen molar-refractivity contribution in [2.75, 3.05) is 26.3 Å². The molecule has 0 spiro atoms. The van der Waals surface area contributed by atoms with E-state index in [1.807, 2.05) is 0 Å². The lowest BCUT2D eigenvalue weighted by Crippen LogP contribution is -2.46. The Hall–Kier alpha value is -2.09. The molecule has 0 bridgehead atoms. The molecule has 3 atom stereocenters. The van der Waals surface area contributed by atoms with Gasteiger partial charge in [-0.25, -0.2) is 9.37 Å². The third kappa shape index (κ3) is 3.42. The second-order valence-corrected chi connectivity index (χ2v) is 6.99. The zero-order valence-electron chi connectivity index (χ0n) is 14.4. The number of amides is 1. The zero-order chi connectivity index (χ0) is 18.1. The van der Waals surface area contributed by atoms with Gasteiger partial charge in [0.05, 0.1) is 12.7 Å². The molecule has 1 amide bonds. The summed E-state index contributed by atoms with van der Waals surface area (Å²) in [5.74, 6) is -0.713. The highest BCUT2D eigenvalue weighted by Crippen LogP contribution is 2.24. The van der Waals surface area contributed by atoms with Crippen molar-refractivity contribution in [2.45, 2.75) is 31.0 Å². The minimum atomic E-state index is -0.428. The van der Waals surface area contributed by atoms with E-state index in [9.17, 15) is 9.18 Å². The molecule has 0 saturated carbocycles. The number of morpholine rings is 1. The van der Waals surface area contributed by atoms with Gasteiger partial charge in [0.1, 0.15) is 17.0 Å². The van der Waals surface area contributed by atoms with E-state index in [4.69, 9.17) is 9.84 Å². The second-order valence-electron chi connectivity index (χ2n) is 6.99. The van der Waals surface area contributed by atoms with E-state index in [1.54, 1.807) is 24.3 Å².